The molecule has 4 heteroatoms. The van der Waals surface area contributed by atoms with Gasteiger partial charge in [0.2, 0.25) is 0 Å². The Morgan fingerprint density at radius 3 is 2.86 bits per heavy atom. The van der Waals surface area contributed by atoms with Crippen LogP contribution in [-0.2, 0) is 6.54 Å². The Kier molecular flexibility index (Phi) is 3.66. The number of hydrogen-bond donors (Lipinski definition) is 1. The third-order valence-electron chi connectivity index (χ3n) is 1.98. The Labute approximate surface area is 84.6 Å². The van der Waals surface area contributed by atoms with Gasteiger partial charge in [0.05, 0.1) is 18.1 Å². The molecule has 4 nitrogen and oxygen atoms in total. The largest absolute Gasteiger partial charge is 0.321 e. The third-order valence-corrected chi connectivity index (χ3v) is 1.98. The topological polar surface area (TPSA) is 53.6 Å². The van der Waals surface area contributed by atoms with Gasteiger partial charge in [-0.05, 0) is 6.92 Å². The minimum Gasteiger partial charge on any atom is -0.321 e. The zero-order chi connectivity index (χ0) is 10.6. The highest BCUT2D eigenvalue weighted by Crippen LogP contribution is 2.05. The summed E-state index contributed by atoms with van der Waals surface area (Å²) in [5.74, 6) is 0. The van der Waals surface area contributed by atoms with Crippen molar-refractivity contribution in [3.63, 3.8) is 0 Å². The predicted molar refractivity (Wildman–Crippen MR) is 54.5 cm³/mol. The zero-order valence-corrected chi connectivity index (χ0v) is 8.86. The van der Waals surface area contributed by atoms with E-state index >= 15 is 0 Å². The highest BCUT2D eigenvalue weighted by Gasteiger charge is 2.04. The third kappa shape index (κ3) is 2.86. The standard InChI is InChI=1S/C10H16N4/c1-8(2)12-5-10-6-14(7-13-10)9(3)4-11/h6-9,12H,5H2,1-3H3. The molecule has 1 N–H and O–H groups in total. The molecule has 0 bridgehead atoms. The normalized spacial score (nSPS) is 12.8. The van der Waals surface area contributed by atoms with E-state index < -0.39 is 0 Å². The molecule has 0 saturated heterocycles. The smallest absolute Gasteiger partial charge is 0.119 e. The first-order valence-corrected chi connectivity index (χ1v) is 4.79. The monoisotopic (exact) mass is 192 g/mol. The average molecular weight is 192 g/mol. The van der Waals surface area contributed by atoms with Crippen molar-refractivity contribution in [1.82, 2.24) is 14.9 Å². The lowest BCUT2D eigenvalue weighted by molar-refractivity contribution is 0.581. The molecular formula is C10H16N4. The maximum Gasteiger partial charge on any atom is 0.119 e. The second-order valence-electron chi connectivity index (χ2n) is 3.65. The van der Waals surface area contributed by atoms with Crippen LogP contribution >= 0.6 is 0 Å². The number of aromatic nitrogens is 2. The number of nitrogens with zero attached hydrogens (tertiary/aromatic N) is 3. The van der Waals surface area contributed by atoms with E-state index in [4.69, 9.17) is 5.26 Å². The summed E-state index contributed by atoms with van der Waals surface area (Å²) in [6.07, 6.45) is 3.61. The molecule has 0 amide bonds. The first-order valence-electron chi connectivity index (χ1n) is 4.79. The molecule has 0 fully saturated rings. The zero-order valence-electron chi connectivity index (χ0n) is 8.86. The van der Waals surface area contributed by atoms with Crippen LogP contribution in [0.3, 0.4) is 0 Å². The van der Waals surface area contributed by atoms with Gasteiger partial charge in [-0.25, -0.2) is 4.98 Å². The number of nitriles is 1. The molecule has 1 heterocycles. The minimum absolute atomic E-state index is 0.143. The van der Waals surface area contributed by atoms with Gasteiger partial charge >= 0.3 is 0 Å². The SMILES string of the molecule is CC(C)NCc1cn(C(C)C#N)cn1. The summed E-state index contributed by atoms with van der Waals surface area (Å²) in [6, 6.07) is 2.47. The Morgan fingerprint density at radius 2 is 2.29 bits per heavy atom. The molecule has 76 valence electrons. The van der Waals surface area contributed by atoms with Gasteiger partial charge in [0.1, 0.15) is 6.04 Å². The van der Waals surface area contributed by atoms with Crippen LogP contribution in [0.4, 0.5) is 0 Å². The second kappa shape index (κ2) is 4.77. The fraction of sp³-hybridized carbons (Fsp3) is 0.600. The van der Waals surface area contributed by atoms with Gasteiger partial charge in [0.15, 0.2) is 0 Å². The van der Waals surface area contributed by atoms with E-state index in [1.54, 1.807) is 6.33 Å². The van der Waals surface area contributed by atoms with E-state index in [0.717, 1.165) is 12.2 Å². The van der Waals surface area contributed by atoms with Gasteiger partial charge in [0, 0.05) is 18.8 Å². The van der Waals surface area contributed by atoms with Crippen LogP contribution in [-0.4, -0.2) is 15.6 Å². The first-order chi connectivity index (χ1) is 6.63. The lowest BCUT2D eigenvalue weighted by Crippen LogP contribution is -2.21. The maximum absolute atomic E-state index is 8.70. The second-order valence-corrected chi connectivity index (χ2v) is 3.65. The van der Waals surface area contributed by atoms with Gasteiger partial charge in [-0.2, -0.15) is 5.26 Å². The molecule has 1 atom stereocenters. The highest BCUT2D eigenvalue weighted by molar-refractivity contribution is 5.00. The van der Waals surface area contributed by atoms with E-state index in [-0.39, 0.29) is 6.04 Å². The highest BCUT2D eigenvalue weighted by atomic mass is 15.1. The van der Waals surface area contributed by atoms with E-state index in [1.807, 2.05) is 17.7 Å². The van der Waals surface area contributed by atoms with Crippen LogP contribution in [0, 0.1) is 11.3 Å². The number of rotatable bonds is 4. The lowest BCUT2D eigenvalue weighted by Gasteiger charge is -2.05. The molecule has 1 aromatic heterocycles. The van der Waals surface area contributed by atoms with Crippen LogP contribution in [0.15, 0.2) is 12.5 Å². The Balaban J connectivity index is 2.56. The summed E-state index contributed by atoms with van der Waals surface area (Å²) >= 11 is 0. The van der Waals surface area contributed by atoms with Crippen LogP contribution in [0.2, 0.25) is 0 Å². The Hall–Kier alpha value is -1.34. The maximum atomic E-state index is 8.70. The fourth-order valence-corrected chi connectivity index (χ4v) is 1.06. The van der Waals surface area contributed by atoms with Crippen molar-refractivity contribution >= 4 is 0 Å². The van der Waals surface area contributed by atoms with E-state index in [1.165, 1.54) is 0 Å². The van der Waals surface area contributed by atoms with Crippen molar-refractivity contribution < 1.29 is 0 Å². The van der Waals surface area contributed by atoms with Crippen molar-refractivity contribution in [2.24, 2.45) is 0 Å². The van der Waals surface area contributed by atoms with Gasteiger partial charge in [0.25, 0.3) is 0 Å². The summed E-state index contributed by atoms with van der Waals surface area (Å²) < 4.78 is 1.82. The Morgan fingerprint density at radius 1 is 1.57 bits per heavy atom. The summed E-state index contributed by atoms with van der Waals surface area (Å²) in [6.45, 7) is 6.79. The molecule has 1 rings (SSSR count). The lowest BCUT2D eigenvalue weighted by atomic mass is 10.3. The summed E-state index contributed by atoms with van der Waals surface area (Å²) in [4.78, 5) is 4.21. The van der Waals surface area contributed by atoms with E-state index in [2.05, 4.69) is 30.2 Å². The van der Waals surface area contributed by atoms with Crippen molar-refractivity contribution in [2.45, 2.75) is 39.4 Å². The molecule has 0 saturated carbocycles. The molecule has 0 spiro atoms. The van der Waals surface area contributed by atoms with Gasteiger partial charge in [-0.1, -0.05) is 13.8 Å². The van der Waals surface area contributed by atoms with Gasteiger partial charge < -0.3 is 9.88 Å². The van der Waals surface area contributed by atoms with Crippen LogP contribution < -0.4 is 5.32 Å². The predicted octanol–water partition coefficient (Wildman–Crippen LogP) is 1.47. The molecular weight excluding hydrogens is 176 g/mol. The van der Waals surface area contributed by atoms with Crippen molar-refractivity contribution in [2.75, 3.05) is 0 Å². The molecule has 0 aliphatic rings. The minimum atomic E-state index is -0.143. The molecule has 0 aliphatic carbocycles. The van der Waals surface area contributed by atoms with Crippen molar-refractivity contribution in [1.29, 1.82) is 5.26 Å². The summed E-state index contributed by atoms with van der Waals surface area (Å²) in [5, 5.41) is 12.0. The van der Waals surface area contributed by atoms with Crippen LogP contribution in [0.5, 0.6) is 0 Å². The molecule has 0 aromatic carbocycles. The number of hydrogen-bond acceptors (Lipinski definition) is 3. The first kappa shape index (κ1) is 10.7. The molecule has 0 radical (unpaired) electrons. The molecule has 14 heavy (non-hydrogen) atoms. The van der Waals surface area contributed by atoms with Crippen molar-refractivity contribution in [3.8, 4) is 6.07 Å². The number of imidazole rings is 1. The van der Waals surface area contributed by atoms with Gasteiger partial charge in [-0.3, -0.25) is 0 Å². The van der Waals surface area contributed by atoms with Crippen molar-refractivity contribution in [3.05, 3.63) is 18.2 Å². The Bertz CT molecular complexity index is 321. The quantitative estimate of drug-likeness (QED) is 0.785. The fourth-order valence-electron chi connectivity index (χ4n) is 1.06. The van der Waals surface area contributed by atoms with Crippen LogP contribution in [0.1, 0.15) is 32.5 Å². The average Bonchev–Trinajstić information content (AvgIpc) is 2.62. The summed E-state index contributed by atoms with van der Waals surface area (Å²) in [7, 11) is 0. The van der Waals surface area contributed by atoms with E-state index in [9.17, 15) is 0 Å². The molecule has 0 aliphatic heterocycles. The van der Waals surface area contributed by atoms with Crippen LogP contribution in [0.25, 0.3) is 0 Å². The van der Waals surface area contributed by atoms with E-state index in [0.29, 0.717) is 6.04 Å². The molecule has 1 unspecified atom stereocenters. The van der Waals surface area contributed by atoms with Gasteiger partial charge in [-0.15, -0.1) is 0 Å². The molecule has 1 aromatic rings. The number of nitrogens with one attached hydrogen (secondary N) is 1. The summed E-state index contributed by atoms with van der Waals surface area (Å²) in [5.41, 5.74) is 0.973.